The van der Waals surface area contributed by atoms with E-state index >= 15 is 0 Å². The lowest BCUT2D eigenvalue weighted by atomic mass is 10.0. The van der Waals surface area contributed by atoms with Crippen LogP contribution < -0.4 is 5.32 Å². The molecule has 0 aromatic carbocycles. The number of rotatable bonds is 6. The van der Waals surface area contributed by atoms with Gasteiger partial charge >= 0.3 is 5.97 Å². The molecule has 5 nitrogen and oxygen atoms in total. The summed E-state index contributed by atoms with van der Waals surface area (Å²) in [6, 6.07) is -0.213. The first kappa shape index (κ1) is 13.4. The van der Waals surface area contributed by atoms with Crippen LogP contribution in [0.4, 0.5) is 0 Å². The minimum atomic E-state index is -1.02. The van der Waals surface area contributed by atoms with Crippen LogP contribution in [0, 0.1) is 0 Å². The lowest BCUT2D eigenvalue weighted by Crippen LogP contribution is -2.69. The van der Waals surface area contributed by atoms with Crippen molar-refractivity contribution in [2.75, 3.05) is 12.3 Å². The summed E-state index contributed by atoms with van der Waals surface area (Å²) >= 11 is 1.61. The fourth-order valence-corrected chi connectivity index (χ4v) is 3.45. The molecule has 1 fully saturated rings. The Morgan fingerprint density at radius 3 is 3.06 bits per heavy atom. The van der Waals surface area contributed by atoms with Crippen molar-refractivity contribution >= 4 is 23.6 Å². The zero-order chi connectivity index (χ0) is 13.1. The van der Waals surface area contributed by atoms with Gasteiger partial charge in [0.15, 0.2) is 0 Å². The molecule has 2 N–H and O–H groups in total. The first-order valence-corrected chi connectivity index (χ1v) is 7.33. The number of hydrogen-bond acceptors (Lipinski definition) is 4. The van der Waals surface area contributed by atoms with Crippen molar-refractivity contribution in [1.29, 1.82) is 0 Å². The SMILES string of the molecule is CCCCCNC1C(=O)N2C(C(=O)O)=CCSC12. The van der Waals surface area contributed by atoms with Crippen molar-refractivity contribution in [3.63, 3.8) is 0 Å². The predicted molar refractivity (Wildman–Crippen MR) is 70.1 cm³/mol. The molecule has 0 aromatic rings. The fourth-order valence-electron chi connectivity index (χ4n) is 2.23. The van der Waals surface area contributed by atoms with E-state index < -0.39 is 5.97 Å². The highest BCUT2D eigenvalue weighted by atomic mass is 32.2. The number of carbonyl (C=O) groups is 2. The average molecular weight is 270 g/mol. The summed E-state index contributed by atoms with van der Waals surface area (Å²) in [5.41, 5.74) is 0.135. The second-order valence-corrected chi connectivity index (χ2v) is 5.62. The average Bonchev–Trinajstić information content (AvgIpc) is 2.37. The Balaban J connectivity index is 1.90. The maximum Gasteiger partial charge on any atom is 0.352 e. The van der Waals surface area contributed by atoms with Gasteiger partial charge in [0.05, 0.1) is 0 Å². The number of carbonyl (C=O) groups excluding carboxylic acids is 1. The lowest BCUT2D eigenvalue weighted by Gasteiger charge is -2.48. The molecule has 2 unspecified atom stereocenters. The lowest BCUT2D eigenvalue weighted by molar-refractivity contribution is -0.149. The van der Waals surface area contributed by atoms with Crippen LogP contribution in [-0.2, 0) is 9.59 Å². The molecule has 2 atom stereocenters. The zero-order valence-corrected chi connectivity index (χ0v) is 11.2. The van der Waals surface area contributed by atoms with Crippen LogP contribution >= 0.6 is 11.8 Å². The predicted octanol–water partition coefficient (Wildman–Crippen LogP) is 1.02. The van der Waals surface area contributed by atoms with Gasteiger partial charge in [0.2, 0.25) is 5.91 Å². The minimum Gasteiger partial charge on any atom is -0.477 e. The van der Waals surface area contributed by atoms with Gasteiger partial charge < -0.3 is 10.4 Å². The topological polar surface area (TPSA) is 69.6 Å². The van der Waals surface area contributed by atoms with E-state index in [1.54, 1.807) is 17.8 Å². The van der Waals surface area contributed by atoms with Gasteiger partial charge in [-0.05, 0) is 19.0 Å². The quantitative estimate of drug-likeness (QED) is 0.557. The molecular formula is C12H18N2O3S. The normalized spacial score (nSPS) is 26.4. The molecule has 2 heterocycles. The molecule has 2 aliphatic rings. The molecule has 0 aromatic heterocycles. The molecule has 0 bridgehead atoms. The van der Waals surface area contributed by atoms with Crippen LogP contribution in [0.15, 0.2) is 11.8 Å². The highest BCUT2D eigenvalue weighted by Crippen LogP contribution is 2.37. The number of aliphatic carboxylic acids is 1. The van der Waals surface area contributed by atoms with Gasteiger partial charge in [0, 0.05) is 5.75 Å². The van der Waals surface area contributed by atoms with Crippen molar-refractivity contribution in [1.82, 2.24) is 10.2 Å². The van der Waals surface area contributed by atoms with Crippen LogP contribution in [0.3, 0.4) is 0 Å². The van der Waals surface area contributed by atoms with E-state index in [4.69, 9.17) is 5.11 Å². The van der Waals surface area contributed by atoms with Crippen LogP contribution in [0.1, 0.15) is 26.2 Å². The first-order chi connectivity index (χ1) is 8.66. The number of thioether (sulfide) groups is 1. The maximum absolute atomic E-state index is 11.9. The number of fused-ring (bicyclic) bond motifs is 1. The van der Waals surface area contributed by atoms with Crippen LogP contribution in [0.5, 0.6) is 0 Å². The summed E-state index contributed by atoms with van der Waals surface area (Å²) in [5.74, 6) is -0.473. The van der Waals surface area contributed by atoms with Crippen molar-refractivity contribution in [3.05, 3.63) is 11.8 Å². The summed E-state index contributed by atoms with van der Waals surface area (Å²) in [4.78, 5) is 24.3. The Bertz CT molecular complexity index is 384. The smallest absolute Gasteiger partial charge is 0.352 e. The van der Waals surface area contributed by atoms with Crippen molar-refractivity contribution in [2.24, 2.45) is 0 Å². The summed E-state index contributed by atoms with van der Waals surface area (Å²) < 4.78 is 0. The number of carboxylic acid groups (broad SMARTS) is 1. The molecule has 0 aliphatic carbocycles. The summed E-state index contributed by atoms with van der Waals surface area (Å²) in [6.07, 6.45) is 4.96. The molecule has 6 heteroatoms. The Morgan fingerprint density at radius 2 is 2.39 bits per heavy atom. The van der Waals surface area contributed by atoms with E-state index in [9.17, 15) is 9.59 Å². The van der Waals surface area contributed by atoms with E-state index in [1.807, 2.05) is 0 Å². The van der Waals surface area contributed by atoms with Gasteiger partial charge in [-0.2, -0.15) is 0 Å². The zero-order valence-electron chi connectivity index (χ0n) is 10.4. The Hall–Kier alpha value is -1.01. The van der Waals surface area contributed by atoms with Crippen LogP contribution in [0.2, 0.25) is 0 Å². The van der Waals surface area contributed by atoms with Crippen LogP contribution in [-0.4, -0.2) is 45.6 Å². The highest BCUT2D eigenvalue weighted by molar-refractivity contribution is 8.00. The monoisotopic (exact) mass is 270 g/mol. The van der Waals surface area contributed by atoms with Crippen molar-refractivity contribution < 1.29 is 14.7 Å². The van der Waals surface area contributed by atoms with Gasteiger partial charge in [-0.1, -0.05) is 19.8 Å². The summed E-state index contributed by atoms with van der Waals surface area (Å²) in [5, 5.41) is 12.2. The third-order valence-electron chi connectivity index (χ3n) is 3.21. The van der Waals surface area contributed by atoms with Gasteiger partial charge in [0.1, 0.15) is 17.1 Å². The second kappa shape index (κ2) is 5.75. The third kappa shape index (κ3) is 2.40. The maximum atomic E-state index is 11.9. The summed E-state index contributed by atoms with van der Waals surface area (Å²) in [6.45, 7) is 2.96. The van der Waals surface area contributed by atoms with E-state index in [1.165, 1.54) is 4.90 Å². The molecule has 2 aliphatic heterocycles. The van der Waals surface area contributed by atoms with E-state index in [0.29, 0.717) is 5.75 Å². The third-order valence-corrected chi connectivity index (χ3v) is 4.39. The number of nitrogens with zero attached hydrogens (tertiary/aromatic N) is 1. The molecule has 0 radical (unpaired) electrons. The number of β-lactam (4-membered cyclic amide) rings is 1. The van der Waals surface area contributed by atoms with E-state index in [-0.39, 0.29) is 23.0 Å². The number of carboxylic acids is 1. The highest BCUT2D eigenvalue weighted by Gasteiger charge is 2.51. The van der Waals surface area contributed by atoms with E-state index in [0.717, 1.165) is 25.8 Å². The number of unbranched alkanes of at least 4 members (excludes halogenated alkanes) is 2. The Kier molecular flexibility index (Phi) is 4.29. The summed E-state index contributed by atoms with van der Waals surface area (Å²) in [7, 11) is 0. The molecule has 0 spiro atoms. The Labute approximate surface area is 111 Å². The molecule has 2 rings (SSSR count). The van der Waals surface area contributed by atoms with E-state index in [2.05, 4.69) is 12.2 Å². The minimum absolute atomic E-state index is 0.0461. The Morgan fingerprint density at radius 1 is 1.61 bits per heavy atom. The molecule has 1 saturated heterocycles. The largest absolute Gasteiger partial charge is 0.477 e. The van der Waals surface area contributed by atoms with Gasteiger partial charge in [0.25, 0.3) is 0 Å². The number of nitrogens with one attached hydrogen (secondary N) is 1. The van der Waals surface area contributed by atoms with Gasteiger partial charge in [-0.25, -0.2) is 4.79 Å². The second-order valence-electron chi connectivity index (χ2n) is 4.47. The molecule has 100 valence electrons. The molecular weight excluding hydrogens is 252 g/mol. The standard InChI is InChI=1S/C12H18N2O3S/c1-2-3-4-6-13-9-10(15)14-8(12(16)17)5-7-18-11(9)14/h5,9,11,13H,2-4,6-7H2,1H3,(H,16,17). The molecule has 18 heavy (non-hydrogen) atoms. The van der Waals surface area contributed by atoms with Gasteiger partial charge in [-0.3, -0.25) is 9.69 Å². The van der Waals surface area contributed by atoms with Crippen molar-refractivity contribution in [3.8, 4) is 0 Å². The van der Waals surface area contributed by atoms with Gasteiger partial charge in [-0.15, -0.1) is 11.8 Å². The van der Waals surface area contributed by atoms with Crippen molar-refractivity contribution in [2.45, 2.75) is 37.6 Å². The molecule has 1 amide bonds. The number of amides is 1. The first-order valence-electron chi connectivity index (χ1n) is 6.28. The van der Waals surface area contributed by atoms with Crippen LogP contribution in [0.25, 0.3) is 0 Å². The molecule has 0 saturated carbocycles. The number of hydrogen-bond donors (Lipinski definition) is 2. The fraction of sp³-hybridized carbons (Fsp3) is 0.667.